The van der Waals surface area contributed by atoms with Gasteiger partial charge in [-0.05, 0) is 71.0 Å². The van der Waals surface area contributed by atoms with E-state index in [4.69, 9.17) is 31.5 Å². The van der Waals surface area contributed by atoms with E-state index in [2.05, 4.69) is 54.5 Å². The fourth-order valence-electron chi connectivity index (χ4n) is 5.82. The zero-order valence-corrected chi connectivity index (χ0v) is 29.3. The molecule has 51 heavy (non-hydrogen) atoms. The van der Waals surface area contributed by atoms with Crippen molar-refractivity contribution in [2.75, 3.05) is 13.7 Å². The summed E-state index contributed by atoms with van der Waals surface area (Å²) in [4.78, 5) is 15.6. The number of hydrogen-bond donors (Lipinski definition) is 4. The first-order chi connectivity index (χ1) is 24.7. The van der Waals surface area contributed by atoms with Crippen molar-refractivity contribution in [2.45, 2.75) is 46.2 Å². The Morgan fingerprint density at radius 2 is 1.63 bits per heavy atom. The predicted octanol–water partition coefficient (Wildman–Crippen LogP) is 6.72. The third-order valence-corrected chi connectivity index (χ3v) is 9.02. The van der Waals surface area contributed by atoms with Crippen LogP contribution in [0.15, 0.2) is 85.2 Å². The lowest BCUT2D eigenvalue weighted by atomic mass is 9.89. The maximum atomic E-state index is 11.5. The second-order valence-electron chi connectivity index (χ2n) is 11.9. The molecule has 0 aliphatic carbocycles. The van der Waals surface area contributed by atoms with Crippen molar-refractivity contribution >= 4 is 17.6 Å². The number of halogens is 1. The molecule has 0 aliphatic heterocycles. The molecule has 1 unspecified atom stereocenters. The van der Waals surface area contributed by atoms with Crippen molar-refractivity contribution < 1.29 is 29.2 Å². The molecule has 5 N–H and O–H groups in total. The normalized spacial score (nSPS) is 11.5. The lowest BCUT2D eigenvalue weighted by Gasteiger charge is -2.19. The minimum absolute atomic E-state index is 0.0485. The van der Waals surface area contributed by atoms with Crippen molar-refractivity contribution in [1.82, 2.24) is 10.3 Å². The van der Waals surface area contributed by atoms with Crippen molar-refractivity contribution in [1.29, 1.82) is 5.26 Å². The van der Waals surface area contributed by atoms with Crippen LogP contribution in [-0.4, -0.2) is 40.9 Å². The molecule has 5 aromatic rings. The number of carboxylic acids is 1. The quantitative estimate of drug-likeness (QED) is 0.0921. The summed E-state index contributed by atoms with van der Waals surface area (Å²) in [6.45, 7) is 4.33. The first kappa shape index (κ1) is 36.8. The molecule has 10 nitrogen and oxygen atoms in total. The number of rotatable bonds is 15. The van der Waals surface area contributed by atoms with E-state index in [0.29, 0.717) is 39.8 Å². The second-order valence-corrected chi connectivity index (χ2v) is 12.3. The Balaban J connectivity index is 1.41. The van der Waals surface area contributed by atoms with E-state index in [0.717, 1.165) is 50.3 Å². The molecule has 262 valence electrons. The molecular formula is C40H39ClN4O6. The Labute approximate surface area is 302 Å². The highest BCUT2D eigenvalue weighted by atomic mass is 35.5. The lowest BCUT2D eigenvalue weighted by molar-refractivity contribution is -0.140. The minimum Gasteiger partial charge on any atom is -0.496 e. The number of hydrogen-bond acceptors (Lipinski definition) is 9. The van der Waals surface area contributed by atoms with Crippen LogP contribution >= 0.6 is 11.6 Å². The van der Waals surface area contributed by atoms with E-state index in [1.54, 1.807) is 31.5 Å². The molecule has 0 saturated carbocycles. The smallest absolute Gasteiger partial charge is 0.323 e. The Morgan fingerprint density at radius 3 is 2.33 bits per heavy atom. The van der Waals surface area contributed by atoms with Crippen LogP contribution < -0.4 is 25.3 Å². The number of nitrogens with one attached hydrogen (secondary N) is 1. The van der Waals surface area contributed by atoms with E-state index >= 15 is 0 Å². The number of aromatic nitrogens is 1. The molecule has 0 amide bonds. The number of ether oxygens (including phenoxy) is 3. The maximum absolute atomic E-state index is 11.5. The number of nitriles is 1. The van der Waals surface area contributed by atoms with Gasteiger partial charge in [0.1, 0.15) is 42.6 Å². The van der Waals surface area contributed by atoms with Crippen molar-refractivity contribution in [2.24, 2.45) is 5.73 Å². The van der Waals surface area contributed by atoms with Crippen LogP contribution in [0.5, 0.6) is 17.2 Å². The summed E-state index contributed by atoms with van der Waals surface area (Å²) in [6.07, 6.45) is 3.06. The first-order valence-corrected chi connectivity index (χ1v) is 16.6. The number of nitrogens with zero attached hydrogens (tertiary/aromatic N) is 2. The molecule has 5 rings (SSSR count). The highest BCUT2D eigenvalue weighted by Crippen LogP contribution is 2.37. The number of carboxylic acid groups (broad SMARTS) is 1. The molecular weight excluding hydrogens is 668 g/mol. The number of nitrogens with two attached hydrogens (primary N) is 1. The zero-order chi connectivity index (χ0) is 36.5. The number of pyridine rings is 1. The first-order valence-electron chi connectivity index (χ1n) is 16.2. The third-order valence-electron chi connectivity index (χ3n) is 8.72. The molecule has 1 aromatic heterocycles. The second kappa shape index (κ2) is 17.0. The van der Waals surface area contributed by atoms with Gasteiger partial charge in [0.25, 0.3) is 0 Å². The van der Waals surface area contributed by atoms with Gasteiger partial charge in [0, 0.05) is 48.2 Å². The summed E-state index contributed by atoms with van der Waals surface area (Å²) in [6, 6.07) is 24.3. The van der Waals surface area contributed by atoms with Gasteiger partial charge >= 0.3 is 5.97 Å². The SMILES string of the molecule is COc1cc(-c2cccc(-c3cccc(COc4cc(OCc5cncc(C#N)c5)c(CNC(CO)C(=O)O)cc4Cl)c3C)c2C)ccc1CN. The number of aliphatic hydroxyl groups is 1. The van der Waals surface area contributed by atoms with Gasteiger partial charge in [0.05, 0.1) is 24.3 Å². The van der Waals surface area contributed by atoms with Gasteiger partial charge in [0.2, 0.25) is 0 Å². The molecule has 0 spiro atoms. The van der Waals surface area contributed by atoms with E-state index in [1.165, 1.54) is 6.20 Å². The molecule has 11 heteroatoms. The molecule has 0 fully saturated rings. The average molecular weight is 707 g/mol. The zero-order valence-electron chi connectivity index (χ0n) is 28.6. The molecule has 1 heterocycles. The molecule has 0 bridgehead atoms. The average Bonchev–Trinajstić information content (AvgIpc) is 3.14. The maximum Gasteiger partial charge on any atom is 0.323 e. The van der Waals surface area contributed by atoms with Crippen molar-refractivity contribution in [3.05, 3.63) is 129 Å². The van der Waals surface area contributed by atoms with Crippen LogP contribution in [0.2, 0.25) is 5.02 Å². The number of methoxy groups -OCH3 is 1. The number of aliphatic carboxylic acids is 1. The van der Waals surface area contributed by atoms with Crippen LogP contribution in [0, 0.1) is 25.2 Å². The fourth-order valence-corrected chi connectivity index (χ4v) is 6.06. The summed E-state index contributed by atoms with van der Waals surface area (Å²) < 4.78 is 18.0. The lowest BCUT2D eigenvalue weighted by Crippen LogP contribution is -2.39. The topological polar surface area (TPSA) is 160 Å². The van der Waals surface area contributed by atoms with Crippen LogP contribution in [0.25, 0.3) is 22.3 Å². The van der Waals surface area contributed by atoms with E-state index in [9.17, 15) is 20.3 Å². The molecule has 0 aliphatic rings. The van der Waals surface area contributed by atoms with Gasteiger partial charge in [0.15, 0.2) is 0 Å². The largest absolute Gasteiger partial charge is 0.496 e. The van der Waals surface area contributed by atoms with Crippen LogP contribution in [0.4, 0.5) is 0 Å². The highest BCUT2D eigenvalue weighted by Gasteiger charge is 2.19. The van der Waals surface area contributed by atoms with Gasteiger partial charge in [-0.15, -0.1) is 0 Å². The van der Waals surface area contributed by atoms with Gasteiger partial charge < -0.3 is 30.2 Å². The number of carbonyl (C=O) groups is 1. The fraction of sp³-hybridized carbons (Fsp3) is 0.225. The van der Waals surface area contributed by atoms with Crippen LogP contribution in [0.1, 0.15) is 38.9 Å². The molecule has 1 atom stereocenters. The monoisotopic (exact) mass is 706 g/mol. The minimum atomic E-state index is -1.19. The highest BCUT2D eigenvalue weighted by molar-refractivity contribution is 6.32. The molecule has 0 radical (unpaired) electrons. The van der Waals surface area contributed by atoms with Crippen LogP contribution in [-0.2, 0) is 31.1 Å². The van der Waals surface area contributed by atoms with Crippen molar-refractivity contribution in [3.8, 4) is 45.6 Å². The number of aliphatic hydroxyl groups excluding tert-OH is 1. The van der Waals surface area contributed by atoms with E-state index in [1.807, 2.05) is 30.3 Å². The van der Waals surface area contributed by atoms with E-state index < -0.39 is 18.6 Å². The summed E-state index contributed by atoms with van der Waals surface area (Å²) in [7, 11) is 1.65. The Bertz CT molecular complexity index is 2080. The summed E-state index contributed by atoms with van der Waals surface area (Å²) in [5.41, 5.74) is 15.9. The summed E-state index contributed by atoms with van der Waals surface area (Å²) in [5.74, 6) is 0.326. The number of benzene rings is 4. The van der Waals surface area contributed by atoms with E-state index in [-0.39, 0.29) is 19.8 Å². The van der Waals surface area contributed by atoms with Gasteiger partial charge in [-0.2, -0.15) is 5.26 Å². The third kappa shape index (κ3) is 8.66. The molecule has 0 saturated heterocycles. The predicted molar refractivity (Wildman–Crippen MR) is 196 cm³/mol. The Hall–Kier alpha value is -5.44. The van der Waals surface area contributed by atoms with Crippen molar-refractivity contribution in [3.63, 3.8) is 0 Å². The van der Waals surface area contributed by atoms with Gasteiger partial charge in [-0.25, -0.2) is 0 Å². The standard InChI is InChI=1S/C40H39ClN4O6/c1-24-30(6-4-8-33(24)34-9-5-7-32(25(34)2)28-10-11-29(17-43)37(14-28)49-3)23-51-39-15-38(50-22-27-12-26(16-42)18-44-19-27)31(13-35(39)41)20-45-36(21-46)40(47)48/h4-15,18-19,36,45-46H,17,20-23,43H2,1-3H3,(H,47,48). The van der Waals surface area contributed by atoms with Gasteiger partial charge in [-0.3, -0.25) is 15.1 Å². The summed E-state index contributed by atoms with van der Waals surface area (Å²) in [5, 5.41) is 31.3. The Kier molecular flexibility index (Phi) is 12.3. The Morgan fingerprint density at radius 1 is 0.902 bits per heavy atom. The van der Waals surface area contributed by atoms with Crippen LogP contribution in [0.3, 0.4) is 0 Å². The molecule has 4 aromatic carbocycles. The summed E-state index contributed by atoms with van der Waals surface area (Å²) >= 11 is 6.70. The van der Waals surface area contributed by atoms with Gasteiger partial charge in [-0.1, -0.05) is 60.1 Å².